The summed E-state index contributed by atoms with van der Waals surface area (Å²) >= 11 is 0. The van der Waals surface area contributed by atoms with Crippen LogP contribution in [-0.2, 0) is 14.3 Å². The average Bonchev–Trinajstić information content (AvgIpc) is 3.07. The van der Waals surface area contributed by atoms with Gasteiger partial charge in [-0.3, -0.25) is 19.3 Å². The third-order valence-electron chi connectivity index (χ3n) is 4.78. The van der Waals surface area contributed by atoms with Crippen molar-refractivity contribution >= 4 is 29.7 Å². The van der Waals surface area contributed by atoms with Gasteiger partial charge in [-0.25, -0.2) is 14.5 Å². The molecule has 1 aromatic carbocycles. The van der Waals surface area contributed by atoms with E-state index in [1.165, 1.54) is 31.0 Å². The van der Waals surface area contributed by atoms with Crippen molar-refractivity contribution in [3.63, 3.8) is 0 Å². The lowest BCUT2D eigenvalue weighted by Gasteiger charge is -2.29. The molecule has 0 spiro atoms. The number of nitrogens with zero attached hydrogens (tertiary/aromatic N) is 3. The van der Waals surface area contributed by atoms with Crippen molar-refractivity contribution in [3.05, 3.63) is 35.4 Å². The third-order valence-corrected chi connectivity index (χ3v) is 4.78. The highest BCUT2D eigenvalue weighted by Gasteiger charge is 2.49. The summed E-state index contributed by atoms with van der Waals surface area (Å²) in [5.74, 6) is -2.76. The van der Waals surface area contributed by atoms with Crippen molar-refractivity contribution in [3.8, 4) is 0 Å². The lowest BCUT2D eigenvalue weighted by molar-refractivity contribution is -0.162. The summed E-state index contributed by atoms with van der Waals surface area (Å²) in [6.45, 7) is 6.37. The monoisotopic (exact) mass is 401 g/mol. The second-order valence-electron chi connectivity index (χ2n) is 8.12. The number of urea groups is 1. The van der Waals surface area contributed by atoms with E-state index in [0.717, 1.165) is 9.80 Å². The molecule has 5 amide bonds. The van der Waals surface area contributed by atoms with Gasteiger partial charge in [0.15, 0.2) is 6.04 Å². The van der Waals surface area contributed by atoms with Gasteiger partial charge in [-0.15, -0.1) is 0 Å². The predicted octanol–water partition coefficient (Wildman–Crippen LogP) is 1.28. The van der Waals surface area contributed by atoms with Crippen LogP contribution in [0, 0.1) is 0 Å². The van der Waals surface area contributed by atoms with Gasteiger partial charge in [0.1, 0.15) is 11.6 Å². The van der Waals surface area contributed by atoms with Crippen LogP contribution in [-0.4, -0.2) is 75.7 Å². The number of likely N-dealkylation sites (N-methyl/N-ethyl adjacent to an activating group) is 1. The van der Waals surface area contributed by atoms with Crippen molar-refractivity contribution in [2.75, 3.05) is 13.6 Å². The van der Waals surface area contributed by atoms with E-state index >= 15 is 0 Å². The lowest BCUT2D eigenvalue weighted by Crippen LogP contribution is -2.54. The van der Waals surface area contributed by atoms with Crippen LogP contribution in [0.3, 0.4) is 0 Å². The van der Waals surface area contributed by atoms with E-state index < -0.39 is 47.4 Å². The first kappa shape index (κ1) is 20.5. The smallest absolute Gasteiger partial charge is 0.331 e. The van der Waals surface area contributed by atoms with Crippen LogP contribution >= 0.6 is 0 Å². The minimum absolute atomic E-state index is 0.0334. The highest BCUT2D eigenvalue weighted by atomic mass is 16.6. The number of ether oxygens (including phenoxy) is 1. The SMILES string of the molecule is C[C@@H](C(=O)N1C(=O)N(C)C[C@H]1C(=O)OC(C)(C)C)N1C(=O)c2ccccc2C1=O. The molecule has 0 aliphatic carbocycles. The summed E-state index contributed by atoms with van der Waals surface area (Å²) in [6.07, 6.45) is 0. The topological polar surface area (TPSA) is 104 Å². The van der Waals surface area contributed by atoms with Crippen LogP contribution in [0.2, 0.25) is 0 Å². The lowest BCUT2D eigenvalue weighted by atomic mass is 10.1. The maximum Gasteiger partial charge on any atom is 0.331 e. The second kappa shape index (κ2) is 6.98. The fraction of sp³-hybridized carbons (Fsp3) is 0.450. The van der Waals surface area contributed by atoms with E-state index in [-0.39, 0.29) is 17.7 Å². The first-order chi connectivity index (χ1) is 13.4. The fourth-order valence-corrected chi connectivity index (χ4v) is 3.41. The number of amides is 5. The Labute approximate surface area is 168 Å². The first-order valence-electron chi connectivity index (χ1n) is 9.22. The Bertz CT molecular complexity index is 884. The minimum Gasteiger partial charge on any atom is -0.458 e. The van der Waals surface area contributed by atoms with E-state index in [1.807, 2.05) is 0 Å². The third kappa shape index (κ3) is 3.48. The molecular weight excluding hydrogens is 378 g/mol. The zero-order valence-corrected chi connectivity index (χ0v) is 17.0. The molecule has 0 unspecified atom stereocenters. The van der Waals surface area contributed by atoms with E-state index in [4.69, 9.17) is 4.74 Å². The van der Waals surface area contributed by atoms with Gasteiger partial charge in [-0.05, 0) is 39.8 Å². The molecule has 0 radical (unpaired) electrons. The molecule has 9 heteroatoms. The van der Waals surface area contributed by atoms with Crippen LogP contribution in [0.25, 0.3) is 0 Å². The van der Waals surface area contributed by atoms with Gasteiger partial charge in [-0.1, -0.05) is 12.1 Å². The number of imide groups is 2. The molecule has 2 atom stereocenters. The Balaban J connectivity index is 1.88. The summed E-state index contributed by atoms with van der Waals surface area (Å²) < 4.78 is 5.34. The molecule has 29 heavy (non-hydrogen) atoms. The van der Waals surface area contributed by atoms with Gasteiger partial charge in [0.05, 0.1) is 17.7 Å². The molecular formula is C20H23N3O6. The standard InChI is InChI=1S/C20H23N3O6/c1-11(22-16(25)12-8-6-7-9-13(12)17(22)26)15(24)23-14(10-21(5)19(23)28)18(27)29-20(2,3)4/h6-9,11,14H,10H2,1-5H3/t11-,14-/m0/s1. The van der Waals surface area contributed by atoms with Crippen LogP contribution in [0.4, 0.5) is 4.79 Å². The number of hydrogen-bond acceptors (Lipinski definition) is 6. The average molecular weight is 401 g/mol. The molecule has 9 nitrogen and oxygen atoms in total. The van der Waals surface area contributed by atoms with Crippen molar-refractivity contribution < 1.29 is 28.7 Å². The molecule has 0 aromatic heterocycles. The van der Waals surface area contributed by atoms with Crippen LogP contribution in [0.1, 0.15) is 48.4 Å². The fourth-order valence-electron chi connectivity index (χ4n) is 3.41. The molecule has 0 N–H and O–H groups in total. The van der Waals surface area contributed by atoms with E-state index in [2.05, 4.69) is 0 Å². The molecule has 1 aromatic rings. The molecule has 3 rings (SSSR count). The Morgan fingerprint density at radius 1 is 1.07 bits per heavy atom. The maximum atomic E-state index is 13.1. The quantitative estimate of drug-likeness (QED) is 0.558. The van der Waals surface area contributed by atoms with Gasteiger partial charge in [0.25, 0.3) is 17.7 Å². The predicted molar refractivity (Wildman–Crippen MR) is 101 cm³/mol. The van der Waals surface area contributed by atoms with Crippen molar-refractivity contribution in [1.82, 2.24) is 14.7 Å². The molecule has 2 aliphatic heterocycles. The number of hydrogen-bond donors (Lipinski definition) is 0. The molecule has 0 saturated carbocycles. The Kier molecular flexibility index (Phi) is 4.94. The molecule has 1 saturated heterocycles. The Morgan fingerprint density at radius 2 is 1.59 bits per heavy atom. The first-order valence-corrected chi connectivity index (χ1v) is 9.22. The molecule has 154 valence electrons. The Morgan fingerprint density at radius 3 is 2.07 bits per heavy atom. The molecule has 1 fully saturated rings. The second-order valence-corrected chi connectivity index (χ2v) is 8.12. The van der Waals surface area contributed by atoms with Gasteiger partial charge in [0.2, 0.25) is 0 Å². The Hall–Kier alpha value is -3.23. The van der Waals surface area contributed by atoms with Crippen molar-refractivity contribution in [2.45, 2.75) is 45.4 Å². The summed E-state index contributed by atoms with van der Waals surface area (Å²) in [7, 11) is 1.46. The van der Waals surface area contributed by atoms with Gasteiger partial charge >= 0.3 is 12.0 Å². The van der Waals surface area contributed by atoms with Crippen molar-refractivity contribution in [1.29, 1.82) is 0 Å². The normalized spacial score (nSPS) is 20.2. The molecule has 2 aliphatic rings. The van der Waals surface area contributed by atoms with Crippen LogP contribution in [0.15, 0.2) is 24.3 Å². The van der Waals surface area contributed by atoms with Gasteiger partial charge in [-0.2, -0.15) is 0 Å². The highest BCUT2D eigenvalue weighted by molar-refractivity contribution is 6.23. The zero-order valence-electron chi connectivity index (χ0n) is 17.0. The van der Waals surface area contributed by atoms with E-state index in [1.54, 1.807) is 32.9 Å². The number of fused-ring (bicyclic) bond motifs is 1. The minimum atomic E-state index is -1.26. The molecule has 0 bridgehead atoms. The number of esters is 1. The van der Waals surface area contributed by atoms with Gasteiger partial charge in [0, 0.05) is 7.05 Å². The number of carbonyl (C=O) groups is 5. The summed E-state index contributed by atoms with van der Waals surface area (Å²) in [5.41, 5.74) is -0.402. The van der Waals surface area contributed by atoms with E-state index in [0.29, 0.717) is 0 Å². The summed E-state index contributed by atoms with van der Waals surface area (Å²) in [5, 5.41) is 0. The van der Waals surface area contributed by atoms with E-state index in [9.17, 15) is 24.0 Å². The van der Waals surface area contributed by atoms with Crippen molar-refractivity contribution in [2.24, 2.45) is 0 Å². The summed E-state index contributed by atoms with van der Waals surface area (Å²) in [6, 6.07) is 3.15. The summed E-state index contributed by atoms with van der Waals surface area (Å²) in [4.78, 5) is 66.4. The van der Waals surface area contributed by atoms with Crippen LogP contribution < -0.4 is 0 Å². The van der Waals surface area contributed by atoms with Gasteiger partial charge < -0.3 is 9.64 Å². The largest absolute Gasteiger partial charge is 0.458 e. The molecule has 2 heterocycles. The highest BCUT2D eigenvalue weighted by Crippen LogP contribution is 2.27. The number of rotatable bonds is 3. The number of carbonyl (C=O) groups excluding carboxylic acids is 5. The number of benzene rings is 1. The zero-order chi connectivity index (χ0) is 21.7. The van der Waals surface area contributed by atoms with Crippen LogP contribution in [0.5, 0.6) is 0 Å². The maximum absolute atomic E-state index is 13.1.